The van der Waals surface area contributed by atoms with Gasteiger partial charge in [-0.25, -0.2) is 4.79 Å². The quantitative estimate of drug-likeness (QED) is 0.234. The van der Waals surface area contributed by atoms with Gasteiger partial charge in [-0.3, -0.25) is 4.79 Å². The van der Waals surface area contributed by atoms with Crippen LogP contribution in [-0.4, -0.2) is 97.1 Å². The number of nitrogens with one attached hydrogen (secondary N) is 1. The SMILES string of the molecule is O=C(CO)N[C@H]1C([C@H](O)[C@H](O)CO)O[C@](O)(C(=O)O)C[C@@H]1O. The van der Waals surface area contributed by atoms with Crippen LogP contribution in [0.15, 0.2) is 0 Å². The van der Waals surface area contributed by atoms with Crippen molar-refractivity contribution >= 4 is 11.9 Å². The van der Waals surface area contributed by atoms with Crippen molar-refractivity contribution in [2.24, 2.45) is 0 Å². The Morgan fingerprint density at radius 3 is 2.36 bits per heavy atom. The summed E-state index contributed by atoms with van der Waals surface area (Å²) in [7, 11) is 0. The lowest BCUT2D eigenvalue weighted by molar-refractivity contribution is -0.295. The van der Waals surface area contributed by atoms with Gasteiger partial charge in [-0.05, 0) is 0 Å². The fraction of sp³-hybridized carbons (Fsp3) is 0.818. The third kappa shape index (κ3) is 3.89. The minimum Gasteiger partial charge on any atom is -0.477 e. The Bertz CT molecular complexity index is 418. The van der Waals surface area contributed by atoms with Crippen LogP contribution in [0.4, 0.5) is 0 Å². The Labute approximate surface area is 124 Å². The molecule has 1 unspecified atom stereocenters. The molecule has 1 saturated heterocycles. The molecule has 0 aromatic heterocycles. The number of hydrogen-bond acceptors (Lipinski definition) is 9. The highest BCUT2D eigenvalue weighted by atomic mass is 16.7. The first-order valence-electron chi connectivity index (χ1n) is 6.35. The smallest absolute Gasteiger partial charge is 0.364 e. The summed E-state index contributed by atoms with van der Waals surface area (Å²) in [4.78, 5) is 22.2. The van der Waals surface area contributed by atoms with Crippen molar-refractivity contribution in [3.8, 4) is 0 Å². The van der Waals surface area contributed by atoms with Gasteiger partial charge in [0.25, 0.3) is 5.79 Å². The first-order chi connectivity index (χ1) is 10.2. The topological polar surface area (TPSA) is 197 Å². The van der Waals surface area contributed by atoms with Gasteiger partial charge >= 0.3 is 5.97 Å². The number of carbonyl (C=O) groups is 2. The molecular weight excluding hydrogens is 306 g/mol. The summed E-state index contributed by atoms with van der Waals surface area (Å²) in [6.07, 6.45) is -7.92. The molecular formula is C11H19NO10. The van der Waals surface area contributed by atoms with E-state index in [9.17, 15) is 30.0 Å². The van der Waals surface area contributed by atoms with Crippen LogP contribution in [0, 0.1) is 0 Å². The minimum atomic E-state index is -2.85. The summed E-state index contributed by atoms with van der Waals surface area (Å²) in [5.74, 6) is -5.64. The number of carboxylic acids is 1. The van der Waals surface area contributed by atoms with Crippen LogP contribution in [0.1, 0.15) is 6.42 Å². The number of amides is 1. The average molecular weight is 325 g/mol. The first-order valence-corrected chi connectivity index (χ1v) is 6.35. The second-order valence-electron chi connectivity index (χ2n) is 4.94. The largest absolute Gasteiger partial charge is 0.477 e. The highest BCUT2D eigenvalue weighted by molar-refractivity contribution is 5.78. The van der Waals surface area contributed by atoms with Crippen molar-refractivity contribution in [3.63, 3.8) is 0 Å². The second kappa shape index (κ2) is 7.28. The van der Waals surface area contributed by atoms with Gasteiger partial charge < -0.3 is 45.8 Å². The molecule has 0 spiro atoms. The maximum Gasteiger partial charge on any atom is 0.364 e. The van der Waals surface area contributed by atoms with E-state index < -0.39 is 67.8 Å². The molecule has 1 amide bonds. The number of carbonyl (C=O) groups excluding carboxylic acids is 1. The number of carboxylic acid groups (broad SMARTS) is 1. The molecule has 1 fully saturated rings. The first kappa shape index (κ1) is 18.7. The summed E-state index contributed by atoms with van der Waals surface area (Å²) >= 11 is 0. The highest BCUT2D eigenvalue weighted by Crippen LogP contribution is 2.30. The monoisotopic (exact) mass is 325 g/mol. The fourth-order valence-corrected chi connectivity index (χ4v) is 2.13. The molecule has 1 rings (SSSR count). The van der Waals surface area contributed by atoms with E-state index in [4.69, 9.17) is 20.1 Å². The summed E-state index contributed by atoms with van der Waals surface area (Å²) in [5, 5.41) is 67.5. The molecule has 11 heteroatoms. The molecule has 11 nitrogen and oxygen atoms in total. The van der Waals surface area contributed by atoms with E-state index in [0.717, 1.165) is 0 Å². The van der Waals surface area contributed by atoms with Crippen LogP contribution in [0.25, 0.3) is 0 Å². The Morgan fingerprint density at radius 1 is 1.32 bits per heavy atom. The Hall–Kier alpha value is -1.34. The van der Waals surface area contributed by atoms with E-state index in [2.05, 4.69) is 5.32 Å². The molecule has 0 radical (unpaired) electrons. The van der Waals surface area contributed by atoms with Gasteiger partial charge in [-0.2, -0.15) is 0 Å². The van der Waals surface area contributed by atoms with E-state index in [-0.39, 0.29) is 0 Å². The maximum atomic E-state index is 11.2. The van der Waals surface area contributed by atoms with Crippen molar-refractivity contribution < 1.29 is 50.1 Å². The van der Waals surface area contributed by atoms with Crippen LogP contribution < -0.4 is 5.32 Å². The van der Waals surface area contributed by atoms with Crippen LogP contribution >= 0.6 is 0 Å². The van der Waals surface area contributed by atoms with Crippen molar-refractivity contribution in [2.45, 2.75) is 42.7 Å². The summed E-state index contributed by atoms with van der Waals surface area (Å²) in [6, 6.07) is -1.42. The fourth-order valence-electron chi connectivity index (χ4n) is 2.13. The number of hydrogen-bond donors (Lipinski definition) is 8. The Kier molecular flexibility index (Phi) is 6.19. The number of ether oxygens (including phenoxy) is 1. The zero-order valence-corrected chi connectivity index (χ0v) is 11.4. The summed E-state index contributed by atoms with van der Waals surface area (Å²) in [5.41, 5.74) is 0. The van der Waals surface area contributed by atoms with Crippen molar-refractivity contribution in [1.82, 2.24) is 5.32 Å². The minimum absolute atomic E-state index is 0.822. The molecule has 0 saturated carbocycles. The number of aliphatic carboxylic acids is 1. The molecule has 0 aliphatic carbocycles. The second-order valence-corrected chi connectivity index (χ2v) is 4.94. The Balaban J connectivity index is 3.07. The molecule has 0 aromatic carbocycles. The zero-order chi connectivity index (χ0) is 17.1. The molecule has 128 valence electrons. The number of aliphatic hydroxyl groups is 6. The van der Waals surface area contributed by atoms with E-state index in [0.29, 0.717) is 0 Å². The lowest BCUT2D eigenvalue weighted by Crippen LogP contribution is -2.67. The van der Waals surface area contributed by atoms with Gasteiger partial charge in [0.1, 0.15) is 24.9 Å². The molecule has 0 bridgehead atoms. The van der Waals surface area contributed by atoms with Crippen molar-refractivity contribution in [2.75, 3.05) is 13.2 Å². The summed E-state index contributed by atoms with van der Waals surface area (Å²) < 4.78 is 4.83. The van der Waals surface area contributed by atoms with Gasteiger partial charge in [-0.1, -0.05) is 0 Å². The van der Waals surface area contributed by atoms with E-state index in [1.54, 1.807) is 0 Å². The molecule has 6 atom stereocenters. The molecule has 1 heterocycles. The predicted octanol–water partition coefficient (Wildman–Crippen LogP) is -4.90. The number of rotatable bonds is 6. The third-order valence-electron chi connectivity index (χ3n) is 3.31. The zero-order valence-electron chi connectivity index (χ0n) is 11.4. The summed E-state index contributed by atoms with van der Waals surface area (Å²) in [6.45, 7) is -1.86. The molecule has 1 aliphatic rings. The van der Waals surface area contributed by atoms with Gasteiger partial charge in [-0.15, -0.1) is 0 Å². The maximum absolute atomic E-state index is 11.2. The van der Waals surface area contributed by atoms with E-state index in [1.165, 1.54) is 0 Å². The van der Waals surface area contributed by atoms with E-state index >= 15 is 0 Å². The van der Waals surface area contributed by atoms with Crippen molar-refractivity contribution in [1.29, 1.82) is 0 Å². The standard InChI is InChI=1S/C11H19NO10/c13-2-5(16)8(18)9-7(12-6(17)3-14)4(15)1-11(21,22-9)10(19)20/h4-5,7-9,13-16,18,21H,1-3H2,(H,12,17)(H,19,20)/t4-,5+,7+,8+,9?,11-/m0/s1. The van der Waals surface area contributed by atoms with Crippen LogP contribution in [-0.2, 0) is 14.3 Å². The van der Waals surface area contributed by atoms with Gasteiger partial charge in [0, 0.05) is 6.42 Å². The highest BCUT2D eigenvalue weighted by Gasteiger charge is 2.53. The molecule has 0 aromatic rings. The predicted molar refractivity (Wildman–Crippen MR) is 66.2 cm³/mol. The van der Waals surface area contributed by atoms with Gasteiger partial charge in [0.05, 0.1) is 18.8 Å². The van der Waals surface area contributed by atoms with Crippen LogP contribution in [0.2, 0.25) is 0 Å². The van der Waals surface area contributed by atoms with Gasteiger partial charge in [0.2, 0.25) is 5.91 Å². The lowest BCUT2D eigenvalue weighted by Gasteiger charge is -2.44. The third-order valence-corrected chi connectivity index (χ3v) is 3.31. The molecule has 22 heavy (non-hydrogen) atoms. The molecule has 1 aliphatic heterocycles. The van der Waals surface area contributed by atoms with Crippen molar-refractivity contribution in [3.05, 3.63) is 0 Å². The Morgan fingerprint density at radius 2 is 1.91 bits per heavy atom. The average Bonchev–Trinajstić information content (AvgIpc) is 2.47. The van der Waals surface area contributed by atoms with E-state index in [1.807, 2.05) is 0 Å². The molecule has 8 N–H and O–H groups in total. The number of aliphatic hydroxyl groups excluding tert-OH is 5. The normalized spacial score (nSPS) is 34.7. The van der Waals surface area contributed by atoms with Gasteiger partial charge in [0.15, 0.2) is 0 Å². The lowest BCUT2D eigenvalue weighted by atomic mass is 9.88. The van der Waals surface area contributed by atoms with Crippen LogP contribution in [0.3, 0.4) is 0 Å². The van der Waals surface area contributed by atoms with Crippen LogP contribution in [0.5, 0.6) is 0 Å².